The Bertz CT molecular complexity index is 230. The topological polar surface area (TPSA) is 12.0 Å². The molecule has 0 spiro atoms. The summed E-state index contributed by atoms with van der Waals surface area (Å²) in [6, 6.07) is 8.15. The fourth-order valence-corrected chi connectivity index (χ4v) is 1.25. The lowest BCUT2D eigenvalue weighted by molar-refractivity contribution is 0.495. The number of nitrogens with one attached hydrogen (secondary N) is 1. The molecular weight excluding hydrogens is 165 g/mol. The number of likely N-dealkylation sites (N-methyl/N-ethyl adjacent to an activating group) is 1. The van der Waals surface area contributed by atoms with Crippen molar-refractivity contribution in [3.63, 3.8) is 0 Å². The lowest BCUT2D eigenvalue weighted by atomic mass is 10.1. The molecule has 0 fully saturated rings. The van der Waals surface area contributed by atoms with Crippen LogP contribution in [-0.4, -0.2) is 20.3 Å². The monoisotopic (exact) mass is 181 g/mol. The van der Waals surface area contributed by atoms with Gasteiger partial charge in [-0.3, -0.25) is 4.39 Å². The molecule has 0 amide bonds. The molecule has 0 aromatic heterocycles. The lowest BCUT2D eigenvalue weighted by Gasteiger charge is -2.02. The fourth-order valence-electron chi connectivity index (χ4n) is 1.25. The van der Waals surface area contributed by atoms with E-state index in [2.05, 4.69) is 17.4 Å². The molecule has 0 unspecified atom stereocenters. The molecule has 0 aliphatic carbocycles. The second kappa shape index (κ2) is 5.70. The zero-order valence-electron chi connectivity index (χ0n) is 8.02. The maximum atomic E-state index is 12.0. The van der Waals surface area contributed by atoms with Crippen LogP contribution in [-0.2, 0) is 12.8 Å². The smallest absolute Gasteiger partial charge is 0.0934 e. The van der Waals surface area contributed by atoms with Crippen molar-refractivity contribution in [1.82, 2.24) is 5.32 Å². The summed E-state index contributed by atoms with van der Waals surface area (Å²) in [5.41, 5.74) is 2.38. The van der Waals surface area contributed by atoms with Crippen molar-refractivity contribution >= 4 is 0 Å². The molecule has 0 heterocycles. The van der Waals surface area contributed by atoms with E-state index in [4.69, 9.17) is 0 Å². The predicted octanol–water partition coefficient (Wildman–Crippen LogP) is 1.96. The van der Waals surface area contributed by atoms with Gasteiger partial charge in [-0.05, 0) is 31.1 Å². The normalized spacial score (nSPS) is 10.3. The lowest BCUT2D eigenvalue weighted by Crippen LogP contribution is -2.10. The van der Waals surface area contributed by atoms with Crippen LogP contribution >= 0.6 is 0 Å². The largest absolute Gasteiger partial charge is 0.319 e. The van der Waals surface area contributed by atoms with Crippen LogP contribution in [0.2, 0.25) is 0 Å². The van der Waals surface area contributed by atoms with Gasteiger partial charge < -0.3 is 5.32 Å². The van der Waals surface area contributed by atoms with Crippen molar-refractivity contribution in [2.75, 3.05) is 20.3 Å². The minimum Gasteiger partial charge on any atom is -0.319 e. The Hall–Kier alpha value is -0.890. The van der Waals surface area contributed by atoms with Crippen LogP contribution in [0.1, 0.15) is 11.1 Å². The number of hydrogen-bond donors (Lipinski definition) is 1. The van der Waals surface area contributed by atoms with Crippen LogP contribution in [0.15, 0.2) is 24.3 Å². The number of rotatable bonds is 5. The Balaban J connectivity index is 2.48. The highest BCUT2D eigenvalue weighted by Crippen LogP contribution is 2.05. The van der Waals surface area contributed by atoms with Gasteiger partial charge in [-0.15, -0.1) is 0 Å². The van der Waals surface area contributed by atoms with Crippen molar-refractivity contribution < 1.29 is 4.39 Å². The van der Waals surface area contributed by atoms with Gasteiger partial charge in [-0.1, -0.05) is 24.3 Å². The molecule has 72 valence electrons. The first-order chi connectivity index (χ1) is 6.36. The highest BCUT2D eigenvalue weighted by Gasteiger charge is 1.94. The summed E-state index contributed by atoms with van der Waals surface area (Å²) in [4.78, 5) is 0. The minimum atomic E-state index is -0.268. The van der Waals surface area contributed by atoms with Gasteiger partial charge >= 0.3 is 0 Å². The van der Waals surface area contributed by atoms with Gasteiger partial charge in [-0.2, -0.15) is 0 Å². The van der Waals surface area contributed by atoms with E-state index in [1.165, 1.54) is 5.56 Å². The molecule has 13 heavy (non-hydrogen) atoms. The summed E-state index contributed by atoms with van der Waals surface area (Å²) >= 11 is 0. The van der Waals surface area contributed by atoms with Crippen LogP contribution < -0.4 is 5.32 Å². The van der Waals surface area contributed by atoms with E-state index >= 15 is 0 Å². The molecule has 1 nitrogen and oxygen atoms in total. The Morgan fingerprint density at radius 2 is 1.62 bits per heavy atom. The molecular formula is C11H16FN. The summed E-state index contributed by atoms with van der Waals surface area (Å²) in [6.45, 7) is 0.721. The first-order valence-corrected chi connectivity index (χ1v) is 4.65. The molecule has 0 aliphatic heterocycles. The molecule has 0 saturated heterocycles. The van der Waals surface area contributed by atoms with Crippen molar-refractivity contribution in [2.24, 2.45) is 0 Å². The average Bonchev–Trinajstić information content (AvgIpc) is 2.17. The van der Waals surface area contributed by atoms with Crippen molar-refractivity contribution in [2.45, 2.75) is 12.8 Å². The molecule has 0 bridgehead atoms. The van der Waals surface area contributed by atoms with Gasteiger partial charge in [0, 0.05) is 6.42 Å². The second-order valence-electron chi connectivity index (χ2n) is 3.11. The number of benzene rings is 1. The van der Waals surface area contributed by atoms with Gasteiger partial charge in [0.25, 0.3) is 0 Å². The van der Waals surface area contributed by atoms with Crippen LogP contribution in [0.4, 0.5) is 4.39 Å². The van der Waals surface area contributed by atoms with Crippen LogP contribution in [0.5, 0.6) is 0 Å². The number of aryl methyl sites for hydroxylation is 1. The van der Waals surface area contributed by atoms with Crippen molar-refractivity contribution in [1.29, 1.82) is 0 Å². The van der Waals surface area contributed by atoms with E-state index in [-0.39, 0.29) is 6.67 Å². The molecule has 1 N–H and O–H groups in total. The van der Waals surface area contributed by atoms with Gasteiger partial charge in [0.2, 0.25) is 0 Å². The molecule has 0 saturated carbocycles. The summed E-state index contributed by atoms with van der Waals surface area (Å²) in [5.74, 6) is 0. The SMILES string of the molecule is CNCCc1ccc(CCF)cc1. The van der Waals surface area contributed by atoms with E-state index in [0.717, 1.165) is 18.5 Å². The standard InChI is InChI=1S/C11H16FN/c1-13-9-7-11-4-2-10(3-5-11)6-8-12/h2-5,13H,6-9H2,1H3. The summed E-state index contributed by atoms with van der Waals surface area (Å²) < 4.78 is 12.0. The molecule has 0 radical (unpaired) electrons. The molecule has 0 aliphatic rings. The summed E-state index contributed by atoms with van der Waals surface area (Å²) in [6.07, 6.45) is 1.57. The third kappa shape index (κ3) is 3.55. The van der Waals surface area contributed by atoms with Gasteiger partial charge in [0.1, 0.15) is 0 Å². The fraction of sp³-hybridized carbons (Fsp3) is 0.455. The van der Waals surface area contributed by atoms with E-state index in [1.54, 1.807) is 0 Å². The third-order valence-corrected chi connectivity index (χ3v) is 2.07. The summed E-state index contributed by atoms with van der Waals surface area (Å²) in [5, 5.41) is 3.10. The quantitative estimate of drug-likeness (QED) is 0.732. The molecule has 1 rings (SSSR count). The van der Waals surface area contributed by atoms with Gasteiger partial charge in [0.05, 0.1) is 6.67 Å². The maximum absolute atomic E-state index is 12.0. The first-order valence-electron chi connectivity index (χ1n) is 4.65. The van der Waals surface area contributed by atoms with E-state index in [0.29, 0.717) is 6.42 Å². The molecule has 2 heteroatoms. The van der Waals surface area contributed by atoms with Crippen LogP contribution in [0.3, 0.4) is 0 Å². The highest BCUT2D eigenvalue weighted by atomic mass is 19.1. The van der Waals surface area contributed by atoms with E-state index in [1.807, 2.05) is 19.2 Å². The number of hydrogen-bond acceptors (Lipinski definition) is 1. The van der Waals surface area contributed by atoms with Crippen LogP contribution in [0, 0.1) is 0 Å². The molecule has 1 aromatic carbocycles. The van der Waals surface area contributed by atoms with Crippen molar-refractivity contribution in [3.8, 4) is 0 Å². The minimum absolute atomic E-state index is 0.268. The van der Waals surface area contributed by atoms with Crippen molar-refractivity contribution in [3.05, 3.63) is 35.4 Å². The number of alkyl halides is 1. The predicted molar refractivity (Wildman–Crippen MR) is 53.8 cm³/mol. The Kier molecular flexibility index (Phi) is 4.47. The van der Waals surface area contributed by atoms with Gasteiger partial charge in [-0.25, -0.2) is 0 Å². The zero-order valence-corrected chi connectivity index (χ0v) is 8.02. The van der Waals surface area contributed by atoms with E-state index in [9.17, 15) is 4.39 Å². The maximum Gasteiger partial charge on any atom is 0.0934 e. The Morgan fingerprint density at radius 3 is 2.08 bits per heavy atom. The average molecular weight is 181 g/mol. The molecule has 0 atom stereocenters. The van der Waals surface area contributed by atoms with Gasteiger partial charge in [0.15, 0.2) is 0 Å². The Labute approximate surface area is 79.0 Å². The van der Waals surface area contributed by atoms with Crippen LogP contribution in [0.25, 0.3) is 0 Å². The third-order valence-electron chi connectivity index (χ3n) is 2.07. The Morgan fingerprint density at radius 1 is 1.08 bits per heavy atom. The summed E-state index contributed by atoms with van der Waals surface area (Å²) in [7, 11) is 1.94. The van der Waals surface area contributed by atoms with E-state index < -0.39 is 0 Å². The number of halogens is 1. The first kappa shape index (κ1) is 10.2. The zero-order chi connectivity index (χ0) is 9.52. The second-order valence-corrected chi connectivity index (χ2v) is 3.11. The highest BCUT2D eigenvalue weighted by molar-refractivity contribution is 5.22. The molecule has 1 aromatic rings.